The molecule has 0 saturated carbocycles. The van der Waals surface area contributed by atoms with Gasteiger partial charge in [0.2, 0.25) is 5.88 Å². The van der Waals surface area contributed by atoms with Gasteiger partial charge in [-0.2, -0.15) is 27.1 Å². The minimum absolute atomic E-state index is 0.104. The van der Waals surface area contributed by atoms with Gasteiger partial charge in [-0.05, 0) is 24.6 Å². The highest BCUT2D eigenvalue weighted by atomic mass is 19.4. The molecule has 0 aliphatic rings. The molecule has 15 heteroatoms. The van der Waals surface area contributed by atoms with E-state index >= 15 is 0 Å². The van der Waals surface area contributed by atoms with Crippen molar-refractivity contribution in [2.45, 2.75) is 19.5 Å². The fourth-order valence-corrected chi connectivity index (χ4v) is 2.70. The largest absolute Gasteiger partial charge is 0.490 e. The third-order valence-corrected chi connectivity index (χ3v) is 4.41. The molecule has 0 fully saturated rings. The number of alkyl halides is 3. The van der Waals surface area contributed by atoms with Gasteiger partial charge in [0.15, 0.2) is 0 Å². The number of halogens is 5. The predicted molar refractivity (Wildman–Crippen MR) is 112 cm³/mol. The molecule has 3 aromatic rings. The minimum Gasteiger partial charge on any atom is -0.481 e. The number of ether oxygens (including phenoxy) is 1. The SMILES string of the molecule is COc1ccc(-c2cnc(-n3c(CC(CN)=C(F)F)n[nH]c3=O)c(C)c2)cn1.O=C(O)C(F)(F)F. The van der Waals surface area contributed by atoms with E-state index in [4.69, 9.17) is 20.4 Å². The summed E-state index contributed by atoms with van der Waals surface area (Å²) in [6, 6.07) is 5.38. The summed E-state index contributed by atoms with van der Waals surface area (Å²) in [5.41, 5.74) is 6.76. The van der Waals surface area contributed by atoms with E-state index in [1.54, 1.807) is 25.4 Å². The lowest BCUT2D eigenvalue weighted by Gasteiger charge is -2.10. The summed E-state index contributed by atoms with van der Waals surface area (Å²) < 4.78 is 63.8. The number of nitrogens with one attached hydrogen (secondary N) is 1. The maximum Gasteiger partial charge on any atom is 0.490 e. The minimum atomic E-state index is -5.08. The lowest BCUT2D eigenvalue weighted by molar-refractivity contribution is -0.192. The summed E-state index contributed by atoms with van der Waals surface area (Å²) in [7, 11) is 1.53. The highest BCUT2D eigenvalue weighted by molar-refractivity contribution is 5.73. The van der Waals surface area contributed by atoms with Crippen LogP contribution in [-0.2, 0) is 11.2 Å². The van der Waals surface area contributed by atoms with Crippen LogP contribution in [0.5, 0.6) is 5.88 Å². The lowest BCUT2D eigenvalue weighted by Crippen LogP contribution is -2.21. The molecule has 0 radical (unpaired) electrons. The van der Waals surface area contributed by atoms with E-state index in [2.05, 4.69) is 20.2 Å². The molecular formula is C20H19F5N6O4. The number of aliphatic carboxylic acids is 1. The number of rotatable bonds is 6. The zero-order valence-corrected chi connectivity index (χ0v) is 18.2. The Hall–Kier alpha value is -4.14. The second-order valence-electron chi connectivity index (χ2n) is 6.78. The number of carboxylic acids is 1. The van der Waals surface area contributed by atoms with E-state index < -0.39 is 23.9 Å². The molecule has 10 nitrogen and oxygen atoms in total. The third kappa shape index (κ3) is 6.92. The summed E-state index contributed by atoms with van der Waals surface area (Å²) in [5.74, 6) is -1.86. The van der Waals surface area contributed by atoms with Crippen LogP contribution >= 0.6 is 0 Å². The number of carboxylic acid groups (broad SMARTS) is 1. The first kappa shape index (κ1) is 27.1. The van der Waals surface area contributed by atoms with Crippen LogP contribution in [0.25, 0.3) is 16.9 Å². The predicted octanol–water partition coefficient (Wildman–Crippen LogP) is 2.62. The van der Waals surface area contributed by atoms with E-state index in [9.17, 15) is 26.7 Å². The summed E-state index contributed by atoms with van der Waals surface area (Å²) >= 11 is 0. The van der Waals surface area contributed by atoms with Crippen molar-refractivity contribution in [1.29, 1.82) is 0 Å². The number of carbonyl (C=O) groups is 1. The van der Waals surface area contributed by atoms with Gasteiger partial charge in [0.05, 0.1) is 7.11 Å². The van der Waals surface area contributed by atoms with Gasteiger partial charge >= 0.3 is 17.8 Å². The van der Waals surface area contributed by atoms with Gasteiger partial charge in [-0.1, -0.05) is 0 Å². The average Bonchev–Trinajstić information content (AvgIpc) is 3.16. The van der Waals surface area contributed by atoms with Crippen molar-refractivity contribution in [3.05, 3.63) is 64.1 Å². The molecule has 3 heterocycles. The first-order chi connectivity index (χ1) is 16.4. The molecule has 0 amide bonds. The van der Waals surface area contributed by atoms with Crippen LogP contribution in [0.1, 0.15) is 11.4 Å². The van der Waals surface area contributed by atoms with Crippen molar-refractivity contribution in [3.8, 4) is 22.8 Å². The molecule has 3 aromatic heterocycles. The number of hydrogen-bond acceptors (Lipinski definition) is 7. The number of aryl methyl sites for hydroxylation is 1. The number of nitrogens with two attached hydrogens (primary N) is 1. The van der Waals surface area contributed by atoms with Crippen molar-refractivity contribution in [1.82, 2.24) is 24.7 Å². The van der Waals surface area contributed by atoms with E-state index in [0.717, 1.165) is 11.1 Å². The Bertz CT molecular complexity index is 1260. The summed E-state index contributed by atoms with van der Waals surface area (Å²) in [6.07, 6.45) is -4.00. The molecule has 4 N–H and O–H groups in total. The number of nitrogens with zero attached hydrogens (tertiary/aromatic N) is 4. The van der Waals surface area contributed by atoms with Gasteiger partial charge < -0.3 is 15.6 Å². The Kier molecular flexibility index (Phi) is 8.77. The van der Waals surface area contributed by atoms with E-state index in [1.165, 1.54) is 11.7 Å². The normalized spacial score (nSPS) is 10.9. The topological polar surface area (TPSA) is 149 Å². The Labute approximate surface area is 193 Å². The van der Waals surface area contributed by atoms with Crippen LogP contribution in [-0.4, -0.2) is 55.6 Å². The van der Waals surface area contributed by atoms with Crippen molar-refractivity contribution >= 4 is 5.97 Å². The highest BCUT2D eigenvalue weighted by Gasteiger charge is 2.38. The zero-order chi connectivity index (χ0) is 26.3. The van der Waals surface area contributed by atoms with E-state index in [1.807, 2.05) is 12.1 Å². The van der Waals surface area contributed by atoms with Crippen LogP contribution in [0.2, 0.25) is 0 Å². The second kappa shape index (κ2) is 11.3. The molecule has 35 heavy (non-hydrogen) atoms. The fourth-order valence-electron chi connectivity index (χ4n) is 2.70. The Morgan fingerprint density at radius 3 is 2.29 bits per heavy atom. The number of H-pyrrole nitrogens is 1. The van der Waals surface area contributed by atoms with Crippen molar-refractivity contribution in [3.63, 3.8) is 0 Å². The fraction of sp³-hybridized carbons (Fsp3) is 0.250. The standard InChI is InChI=1S/C18H18F2N6O2.C2HF3O2/c1-10-5-13(11-3-4-15(28-2)22-8-11)9-23-17(10)26-14(24-25-18(26)27)6-12(7-21)16(19)20;3-2(4,5)1(6)7/h3-5,8-9H,6-7,21H2,1-2H3,(H,25,27);(H,6,7). The molecule has 0 spiro atoms. The van der Waals surface area contributed by atoms with Crippen LogP contribution < -0.4 is 16.2 Å². The van der Waals surface area contributed by atoms with Crippen molar-refractivity contribution < 1.29 is 36.6 Å². The average molecular weight is 502 g/mol. The molecule has 0 unspecified atom stereocenters. The molecule has 0 atom stereocenters. The van der Waals surface area contributed by atoms with E-state index in [-0.39, 0.29) is 24.4 Å². The molecule has 0 aliphatic carbocycles. The molecule has 188 valence electrons. The molecule has 3 rings (SSSR count). The van der Waals surface area contributed by atoms with Crippen LogP contribution in [0, 0.1) is 6.92 Å². The monoisotopic (exact) mass is 502 g/mol. The molecule has 0 aliphatic heterocycles. The maximum atomic E-state index is 12.9. The number of aromatic nitrogens is 5. The number of aromatic amines is 1. The summed E-state index contributed by atoms with van der Waals surface area (Å²) in [4.78, 5) is 29.6. The maximum absolute atomic E-state index is 12.9. The molecule has 0 aromatic carbocycles. The molecular weight excluding hydrogens is 483 g/mol. The first-order valence-electron chi connectivity index (χ1n) is 9.56. The number of methoxy groups -OCH3 is 1. The van der Waals surface area contributed by atoms with Crippen LogP contribution in [0.4, 0.5) is 22.0 Å². The van der Waals surface area contributed by atoms with Gasteiger partial charge in [0.25, 0.3) is 6.08 Å². The van der Waals surface area contributed by atoms with Gasteiger partial charge in [-0.3, -0.25) is 0 Å². The second-order valence-corrected chi connectivity index (χ2v) is 6.78. The van der Waals surface area contributed by atoms with E-state index in [0.29, 0.717) is 17.3 Å². The highest BCUT2D eigenvalue weighted by Crippen LogP contribution is 2.23. The third-order valence-electron chi connectivity index (χ3n) is 4.41. The van der Waals surface area contributed by atoms with Gasteiger partial charge in [0.1, 0.15) is 11.6 Å². The Morgan fingerprint density at radius 1 is 1.20 bits per heavy atom. The first-order valence-corrected chi connectivity index (χ1v) is 9.56. The quantitative estimate of drug-likeness (QED) is 0.436. The van der Waals surface area contributed by atoms with Crippen molar-refractivity contribution in [2.75, 3.05) is 13.7 Å². The van der Waals surface area contributed by atoms with Gasteiger partial charge in [-0.15, -0.1) is 0 Å². The van der Waals surface area contributed by atoms with Crippen LogP contribution in [0.15, 0.2) is 47.0 Å². The number of hydrogen-bond donors (Lipinski definition) is 3. The molecule has 0 bridgehead atoms. The Morgan fingerprint density at radius 2 is 1.83 bits per heavy atom. The Balaban J connectivity index is 0.000000540. The van der Waals surface area contributed by atoms with Gasteiger partial charge in [-0.25, -0.2) is 29.2 Å². The van der Waals surface area contributed by atoms with Gasteiger partial charge in [0, 0.05) is 48.1 Å². The summed E-state index contributed by atoms with van der Waals surface area (Å²) in [5, 5.41) is 13.2. The number of pyridine rings is 2. The smallest absolute Gasteiger partial charge is 0.481 e. The van der Waals surface area contributed by atoms with Crippen molar-refractivity contribution in [2.24, 2.45) is 5.73 Å². The lowest BCUT2D eigenvalue weighted by atomic mass is 10.1. The summed E-state index contributed by atoms with van der Waals surface area (Å²) in [6.45, 7) is 1.43. The molecule has 0 saturated heterocycles. The van der Waals surface area contributed by atoms with Crippen LogP contribution in [0.3, 0.4) is 0 Å². The zero-order valence-electron chi connectivity index (χ0n) is 18.2.